The molecule has 2 nitrogen and oxygen atoms in total. The quantitative estimate of drug-likeness (QED) is 0.779. The molecule has 24 heavy (non-hydrogen) atoms. The summed E-state index contributed by atoms with van der Waals surface area (Å²) in [5.74, 6) is 2.51. The summed E-state index contributed by atoms with van der Waals surface area (Å²) in [7, 11) is 0. The van der Waals surface area contributed by atoms with E-state index >= 15 is 0 Å². The van der Waals surface area contributed by atoms with E-state index in [1.807, 2.05) is 24.3 Å². The lowest BCUT2D eigenvalue weighted by Crippen LogP contribution is -2.42. The van der Waals surface area contributed by atoms with Gasteiger partial charge in [0.2, 0.25) is 0 Å². The van der Waals surface area contributed by atoms with E-state index in [2.05, 4.69) is 23.0 Å². The maximum atomic E-state index is 13.9. The van der Waals surface area contributed by atoms with Crippen molar-refractivity contribution in [3.8, 4) is 12.3 Å². The van der Waals surface area contributed by atoms with Gasteiger partial charge in [0.15, 0.2) is 0 Å². The first-order valence-corrected chi connectivity index (χ1v) is 8.40. The third-order valence-corrected chi connectivity index (χ3v) is 5.21. The summed E-state index contributed by atoms with van der Waals surface area (Å²) in [4.78, 5) is 2.25. The fourth-order valence-electron chi connectivity index (χ4n) is 3.97. The zero-order chi connectivity index (χ0) is 16.6. The minimum atomic E-state index is -0.400. The van der Waals surface area contributed by atoms with Gasteiger partial charge < -0.3 is 4.74 Å². The van der Waals surface area contributed by atoms with Crippen LogP contribution in [0.15, 0.2) is 48.5 Å². The summed E-state index contributed by atoms with van der Waals surface area (Å²) >= 11 is 0. The molecule has 2 aliphatic heterocycles. The largest absolute Gasteiger partial charge is 0.358 e. The Morgan fingerprint density at radius 1 is 1.17 bits per heavy atom. The van der Waals surface area contributed by atoms with Crippen molar-refractivity contribution in [2.75, 3.05) is 19.6 Å². The molecule has 2 aromatic rings. The molecule has 0 aliphatic carbocycles. The predicted molar refractivity (Wildman–Crippen MR) is 92.0 cm³/mol. The van der Waals surface area contributed by atoms with Crippen LogP contribution in [0.5, 0.6) is 0 Å². The number of piperidine rings is 1. The number of hydrogen-bond acceptors (Lipinski definition) is 2. The smallest absolute Gasteiger partial charge is 0.123 e. The first-order chi connectivity index (χ1) is 11.7. The highest BCUT2D eigenvalue weighted by atomic mass is 19.1. The molecule has 2 aliphatic rings. The van der Waals surface area contributed by atoms with E-state index in [9.17, 15) is 4.39 Å². The van der Waals surface area contributed by atoms with Gasteiger partial charge in [-0.3, -0.25) is 4.90 Å². The number of ether oxygens (including phenoxy) is 1. The van der Waals surface area contributed by atoms with Crippen LogP contribution in [0.25, 0.3) is 0 Å². The van der Waals surface area contributed by atoms with Crippen molar-refractivity contribution in [1.29, 1.82) is 0 Å². The highest BCUT2D eigenvalue weighted by molar-refractivity contribution is 5.44. The third kappa shape index (κ3) is 2.53. The Bertz CT molecular complexity index is 772. The molecule has 0 amide bonds. The Kier molecular flexibility index (Phi) is 3.88. The second kappa shape index (κ2) is 6.05. The topological polar surface area (TPSA) is 12.5 Å². The Morgan fingerprint density at radius 3 is 2.62 bits per heavy atom. The van der Waals surface area contributed by atoms with E-state index in [4.69, 9.17) is 11.2 Å². The molecule has 1 atom stereocenters. The molecule has 1 saturated heterocycles. The average molecular weight is 321 g/mol. The van der Waals surface area contributed by atoms with Crippen LogP contribution >= 0.6 is 0 Å². The van der Waals surface area contributed by atoms with E-state index in [1.165, 1.54) is 6.07 Å². The van der Waals surface area contributed by atoms with Crippen molar-refractivity contribution in [2.45, 2.75) is 24.5 Å². The average Bonchev–Trinajstić information content (AvgIpc) is 2.92. The number of rotatable bonds is 2. The summed E-state index contributed by atoms with van der Waals surface area (Å²) in [6.07, 6.45) is 6.99. The zero-order valence-corrected chi connectivity index (χ0v) is 13.5. The van der Waals surface area contributed by atoms with Crippen LogP contribution in [0.4, 0.5) is 4.39 Å². The van der Waals surface area contributed by atoms with Gasteiger partial charge in [-0.2, -0.15) is 0 Å². The predicted octanol–water partition coefficient (Wildman–Crippen LogP) is 3.87. The van der Waals surface area contributed by atoms with E-state index in [1.54, 1.807) is 6.07 Å². The standard InChI is InChI=1S/C21H20FNO/c1-2-12-23-13-10-21(11-14-23)19-15-17(22)8-9-18(19)20(24-21)16-6-4-3-5-7-16/h1,3-9,15,20H,10-14H2. The van der Waals surface area contributed by atoms with Gasteiger partial charge in [0.05, 0.1) is 12.1 Å². The normalized spacial score (nSPS) is 22.2. The highest BCUT2D eigenvalue weighted by Crippen LogP contribution is 2.51. The van der Waals surface area contributed by atoms with Crippen LogP contribution in [0.1, 0.15) is 35.6 Å². The Balaban J connectivity index is 1.71. The van der Waals surface area contributed by atoms with Crippen LogP contribution in [0.2, 0.25) is 0 Å². The van der Waals surface area contributed by atoms with Crippen molar-refractivity contribution >= 4 is 0 Å². The van der Waals surface area contributed by atoms with Crippen molar-refractivity contribution in [3.05, 3.63) is 71.0 Å². The highest BCUT2D eigenvalue weighted by Gasteiger charge is 2.47. The van der Waals surface area contributed by atoms with Crippen molar-refractivity contribution in [3.63, 3.8) is 0 Å². The van der Waals surface area contributed by atoms with Crippen molar-refractivity contribution in [2.24, 2.45) is 0 Å². The molecule has 0 N–H and O–H groups in total. The van der Waals surface area contributed by atoms with E-state index in [0.717, 1.165) is 42.6 Å². The Hall–Kier alpha value is -2.15. The lowest BCUT2D eigenvalue weighted by atomic mass is 9.83. The first-order valence-electron chi connectivity index (χ1n) is 8.40. The lowest BCUT2D eigenvalue weighted by molar-refractivity contribution is -0.0955. The molecule has 3 heteroatoms. The molecular weight excluding hydrogens is 301 g/mol. The Morgan fingerprint density at radius 2 is 1.92 bits per heavy atom. The van der Waals surface area contributed by atoms with E-state index < -0.39 is 5.60 Å². The van der Waals surface area contributed by atoms with Gasteiger partial charge in [-0.25, -0.2) is 4.39 Å². The number of terminal acetylenes is 1. The fourth-order valence-corrected chi connectivity index (χ4v) is 3.97. The van der Waals surface area contributed by atoms with Crippen LogP contribution in [-0.4, -0.2) is 24.5 Å². The van der Waals surface area contributed by atoms with Gasteiger partial charge in [-0.1, -0.05) is 42.3 Å². The second-order valence-corrected chi connectivity index (χ2v) is 6.61. The molecule has 0 aromatic heterocycles. The molecule has 2 heterocycles. The van der Waals surface area contributed by atoms with Gasteiger partial charge in [-0.15, -0.1) is 6.42 Å². The maximum absolute atomic E-state index is 13.9. The van der Waals surface area contributed by atoms with Gasteiger partial charge in [0.25, 0.3) is 0 Å². The number of likely N-dealkylation sites (tertiary alicyclic amines) is 1. The summed E-state index contributed by atoms with van der Waals surface area (Å²) in [6.45, 7) is 2.41. The van der Waals surface area contributed by atoms with Crippen molar-refractivity contribution in [1.82, 2.24) is 4.90 Å². The Labute approximate surface area is 142 Å². The number of fused-ring (bicyclic) bond motifs is 2. The molecule has 1 fully saturated rings. The molecule has 0 radical (unpaired) electrons. The molecule has 1 spiro atoms. The molecule has 0 saturated carbocycles. The second-order valence-electron chi connectivity index (χ2n) is 6.61. The fraction of sp³-hybridized carbons (Fsp3) is 0.333. The SMILES string of the molecule is C#CCN1CCC2(CC1)OC(c1ccccc1)c1ccc(F)cc12. The molecule has 1 unspecified atom stereocenters. The van der Waals surface area contributed by atoms with Crippen LogP contribution in [-0.2, 0) is 10.3 Å². The molecule has 122 valence electrons. The molecule has 2 aromatic carbocycles. The monoisotopic (exact) mass is 321 g/mol. The number of benzene rings is 2. The minimum absolute atomic E-state index is 0.124. The number of hydrogen-bond donors (Lipinski definition) is 0. The van der Waals surface area contributed by atoms with Crippen LogP contribution in [0.3, 0.4) is 0 Å². The molecular formula is C21H20FNO. The summed E-state index contributed by atoms with van der Waals surface area (Å²) in [5, 5.41) is 0. The van der Waals surface area contributed by atoms with Crippen LogP contribution in [0, 0.1) is 18.2 Å². The maximum Gasteiger partial charge on any atom is 0.123 e. The van der Waals surface area contributed by atoms with E-state index in [-0.39, 0.29) is 11.9 Å². The number of halogens is 1. The summed E-state index contributed by atoms with van der Waals surface area (Å²) < 4.78 is 20.5. The van der Waals surface area contributed by atoms with Gasteiger partial charge in [-0.05, 0) is 41.7 Å². The summed E-state index contributed by atoms with van der Waals surface area (Å²) in [6, 6.07) is 15.3. The number of nitrogens with zero attached hydrogens (tertiary/aromatic N) is 1. The first kappa shape index (κ1) is 15.4. The molecule has 0 bridgehead atoms. The van der Waals surface area contributed by atoms with E-state index in [0.29, 0.717) is 6.54 Å². The van der Waals surface area contributed by atoms with Gasteiger partial charge in [0, 0.05) is 13.1 Å². The summed E-state index contributed by atoms with van der Waals surface area (Å²) in [5.41, 5.74) is 2.82. The molecule has 4 rings (SSSR count). The van der Waals surface area contributed by atoms with Crippen molar-refractivity contribution < 1.29 is 9.13 Å². The van der Waals surface area contributed by atoms with Gasteiger partial charge >= 0.3 is 0 Å². The van der Waals surface area contributed by atoms with Gasteiger partial charge in [0.1, 0.15) is 11.9 Å². The lowest BCUT2D eigenvalue weighted by Gasteiger charge is -2.39. The third-order valence-electron chi connectivity index (χ3n) is 5.21. The van der Waals surface area contributed by atoms with Crippen LogP contribution < -0.4 is 0 Å². The zero-order valence-electron chi connectivity index (χ0n) is 13.5. The minimum Gasteiger partial charge on any atom is -0.358 e.